The Morgan fingerprint density at radius 2 is 1.67 bits per heavy atom. The number of nitrogens with zero attached hydrogens (tertiary/aromatic N) is 1. The van der Waals surface area contributed by atoms with Crippen molar-refractivity contribution < 1.29 is 19.0 Å². The number of carbonyl (C=O) groups is 1. The lowest BCUT2D eigenvalue weighted by Gasteiger charge is -2.20. The Morgan fingerprint density at radius 1 is 1.10 bits per heavy atom. The Hall–Kier alpha value is -2.17. The van der Waals surface area contributed by atoms with Crippen LogP contribution < -0.4 is 9.47 Å². The van der Waals surface area contributed by atoms with E-state index in [-0.39, 0.29) is 0 Å². The molecule has 114 valence electrons. The summed E-state index contributed by atoms with van der Waals surface area (Å²) in [4.78, 5) is 12.3. The highest BCUT2D eigenvalue weighted by atomic mass is 16.6. The Morgan fingerprint density at radius 3 is 2.19 bits per heavy atom. The van der Waals surface area contributed by atoms with Crippen molar-refractivity contribution in [3.05, 3.63) is 23.9 Å². The standard InChI is InChI=1S/C16H21NO4/c1-10-9-17(15(18)21-16(2,3)4)12-8-14(20-6)13(19-5)7-11(10)12/h7-9H,1-6H3. The van der Waals surface area contributed by atoms with Gasteiger partial charge in [-0.25, -0.2) is 4.79 Å². The van der Waals surface area contributed by atoms with E-state index in [1.807, 2.05) is 33.8 Å². The van der Waals surface area contributed by atoms with Gasteiger partial charge in [-0.1, -0.05) is 0 Å². The lowest BCUT2D eigenvalue weighted by molar-refractivity contribution is 0.0544. The predicted molar refractivity (Wildman–Crippen MR) is 81.4 cm³/mol. The first-order chi connectivity index (χ1) is 9.76. The molecule has 0 amide bonds. The third-order valence-corrected chi connectivity index (χ3v) is 3.10. The molecule has 0 bridgehead atoms. The second-order valence-corrected chi connectivity index (χ2v) is 5.89. The average Bonchev–Trinajstić information content (AvgIpc) is 2.72. The number of hydrogen-bond donors (Lipinski definition) is 0. The minimum absolute atomic E-state index is 0.409. The number of carbonyl (C=O) groups excluding carboxylic acids is 1. The molecular weight excluding hydrogens is 270 g/mol. The van der Waals surface area contributed by atoms with E-state index < -0.39 is 11.7 Å². The number of benzene rings is 1. The molecule has 2 rings (SSSR count). The van der Waals surface area contributed by atoms with Crippen LogP contribution in [0.4, 0.5) is 4.79 Å². The minimum Gasteiger partial charge on any atom is -0.493 e. The summed E-state index contributed by atoms with van der Waals surface area (Å²) >= 11 is 0. The SMILES string of the molecule is COc1cc2c(C)cn(C(=O)OC(C)(C)C)c2cc1OC. The highest BCUT2D eigenvalue weighted by molar-refractivity contribution is 5.94. The summed E-state index contributed by atoms with van der Waals surface area (Å²) in [6.07, 6.45) is 1.35. The van der Waals surface area contributed by atoms with Gasteiger partial charge < -0.3 is 14.2 Å². The van der Waals surface area contributed by atoms with Gasteiger partial charge in [0.25, 0.3) is 0 Å². The fourth-order valence-electron chi connectivity index (χ4n) is 2.18. The van der Waals surface area contributed by atoms with E-state index in [9.17, 15) is 4.79 Å². The first kappa shape index (κ1) is 15.2. The molecule has 0 aliphatic rings. The molecule has 1 aromatic carbocycles. The van der Waals surface area contributed by atoms with Gasteiger partial charge in [-0.3, -0.25) is 4.57 Å². The second kappa shape index (κ2) is 5.31. The Bertz CT molecular complexity index is 680. The topological polar surface area (TPSA) is 49.7 Å². The van der Waals surface area contributed by atoms with E-state index in [4.69, 9.17) is 14.2 Å². The third-order valence-electron chi connectivity index (χ3n) is 3.10. The molecule has 0 radical (unpaired) electrons. The summed E-state index contributed by atoms with van der Waals surface area (Å²) in [5, 5.41) is 0.929. The van der Waals surface area contributed by atoms with Crippen molar-refractivity contribution in [2.75, 3.05) is 14.2 Å². The van der Waals surface area contributed by atoms with Crippen molar-refractivity contribution in [2.24, 2.45) is 0 Å². The normalized spacial score (nSPS) is 11.5. The second-order valence-electron chi connectivity index (χ2n) is 5.89. The monoisotopic (exact) mass is 291 g/mol. The van der Waals surface area contributed by atoms with E-state index >= 15 is 0 Å². The Labute approximate surface area is 124 Å². The summed E-state index contributed by atoms with van der Waals surface area (Å²) in [7, 11) is 3.15. The van der Waals surface area contributed by atoms with Gasteiger partial charge in [0, 0.05) is 17.6 Å². The molecule has 0 N–H and O–H groups in total. The van der Waals surface area contributed by atoms with Crippen molar-refractivity contribution in [1.29, 1.82) is 0 Å². The zero-order valence-electron chi connectivity index (χ0n) is 13.3. The van der Waals surface area contributed by atoms with Gasteiger partial charge in [0.2, 0.25) is 0 Å². The molecule has 0 saturated heterocycles. The van der Waals surface area contributed by atoms with E-state index in [1.165, 1.54) is 4.57 Å². The molecule has 0 aliphatic carbocycles. The molecule has 1 aromatic heterocycles. The van der Waals surface area contributed by atoms with Crippen LogP contribution in [0.1, 0.15) is 26.3 Å². The van der Waals surface area contributed by atoms with E-state index in [2.05, 4.69) is 0 Å². The zero-order chi connectivity index (χ0) is 15.8. The number of ether oxygens (including phenoxy) is 3. The van der Waals surface area contributed by atoms with Crippen molar-refractivity contribution in [2.45, 2.75) is 33.3 Å². The van der Waals surface area contributed by atoms with Crippen LogP contribution in [0.2, 0.25) is 0 Å². The number of fused-ring (bicyclic) bond motifs is 1. The molecule has 0 aliphatic heterocycles. The molecule has 0 unspecified atom stereocenters. The van der Waals surface area contributed by atoms with Crippen LogP contribution >= 0.6 is 0 Å². The van der Waals surface area contributed by atoms with Gasteiger partial charge in [-0.2, -0.15) is 0 Å². The van der Waals surface area contributed by atoms with Crippen LogP contribution in [0.25, 0.3) is 10.9 Å². The maximum absolute atomic E-state index is 12.3. The first-order valence-electron chi connectivity index (χ1n) is 6.74. The largest absolute Gasteiger partial charge is 0.493 e. The van der Waals surface area contributed by atoms with Gasteiger partial charge in [0.05, 0.1) is 19.7 Å². The van der Waals surface area contributed by atoms with Crippen LogP contribution in [0.3, 0.4) is 0 Å². The molecular formula is C16H21NO4. The van der Waals surface area contributed by atoms with Crippen LogP contribution in [0.15, 0.2) is 18.3 Å². The molecule has 0 atom stereocenters. The van der Waals surface area contributed by atoms with Gasteiger partial charge in [-0.15, -0.1) is 0 Å². The Balaban J connectivity index is 2.58. The van der Waals surface area contributed by atoms with Crippen molar-refractivity contribution in [3.63, 3.8) is 0 Å². The molecule has 5 nitrogen and oxygen atoms in total. The van der Waals surface area contributed by atoms with E-state index in [0.29, 0.717) is 11.5 Å². The maximum atomic E-state index is 12.3. The summed E-state index contributed by atoms with van der Waals surface area (Å²) < 4.78 is 17.5. The molecule has 21 heavy (non-hydrogen) atoms. The smallest absolute Gasteiger partial charge is 0.419 e. The highest BCUT2D eigenvalue weighted by Crippen LogP contribution is 2.34. The van der Waals surface area contributed by atoms with Crippen LogP contribution in [0.5, 0.6) is 11.5 Å². The fraction of sp³-hybridized carbons (Fsp3) is 0.438. The molecule has 0 fully saturated rings. The predicted octanol–water partition coefficient (Wildman–Crippen LogP) is 3.75. The Kier molecular flexibility index (Phi) is 3.85. The number of aromatic nitrogens is 1. The molecule has 0 spiro atoms. The molecule has 0 saturated carbocycles. The minimum atomic E-state index is -0.544. The molecule has 5 heteroatoms. The number of aryl methyl sites for hydroxylation is 1. The summed E-state index contributed by atoms with van der Waals surface area (Å²) in [5.74, 6) is 1.21. The number of rotatable bonds is 2. The fourth-order valence-corrected chi connectivity index (χ4v) is 2.18. The summed E-state index contributed by atoms with van der Waals surface area (Å²) in [6, 6.07) is 3.65. The van der Waals surface area contributed by atoms with Crippen molar-refractivity contribution in [1.82, 2.24) is 4.57 Å². The van der Waals surface area contributed by atoms with Crippen LogP contribution in [-0.4, -0.2) is 30.5 Å². The van der Waals surface area contributed by atoms with Crippen molar-refractivity contribution in [3.8, 4) is 11.5 Å². The highest BCUT2D eigenvalue weighted by Gasteiger charge is 2.21. The molecule has 2 aromatic rings. The lowest BCUT2D eigenvalue weighted by atomic mass is 10.2. The van der Waals surface area contributed by atoms with Crippen LogP contribution in [-0.2, 0) is 4.74 Å². The summed E-state index contributed by atoms with van der Waals surface area (Å²) in [6.45, 7) is 7.46. The number of hydrogen-bond acceptors (Lipinski definition) is 4. The van der Waals surface area contributed by atoms with Gasteiger partial charge in [-0.05, 0) is 39.3 Å². The summed E-state index contributed by atoms with van der Waals surface area (Å²) in [5.41, 5.74) is 1.16. The molecule has 1 heterocycles. The quantitative estimate of drug-likeness (QED) is 0.845. The van der Waals surface area contributed by atoms with Gasteiger partial charge in [0.1, 0.15) is 5.60 Å². The zero-order valence-corrected chi connectivity index (χ0v) is 13.3. The lowest BCUT2D eigenvalue weighted by Crippen LogP contribution is -2.26. The average molecular weight is 291 g/mol. The first-order valence-corrected chi connectivity index (χ1v) is 6.74. The van der Waals surface area contributed by atoms with Gasteiger partial charge >= 0.3 is 6.09 Å². The van der Waals surface area contributed by atoms with Gasteiger partial charge in [0.15, 0.2) is 11.5 Å². The van der Waals surface area contributed by atoms with E-state index in [0.717, 1.165) is 16.5 Å². The van der Waals surface area contributed by atoms with Crippen molar-refractivity contribution >= 4 is 17.0 Å². The third kappa shape index (κ3) is 2.96. The number of methoxy groups -OCH3 is 2. The van der Waals surface area contributed by atoms with Crippen LogP contribution in [0, 0.1) is 6.92 Å². The van der Waals surface area contributed by atoms with E-state index in [1.54, 1.807) is 26.5 Å². The maximum Gasteiger partial charge on any atom is 0.419 e.